The van der Waals surface area contributed by atoms with Gasteiger partial charge in [0.2, 0.25) is 0 Å². The maximum absolute atomic E-state index is 9.93. The van der Waals surface area contributed by atoms with Crippen molar-refractivity contribution in [3.8, 4) is 0 Å². The van der Waals surface area contributed by atoms with E-state index >= 15 is 0 Å². The highest BCUT2D eigenvalue weighted by molar-refractivity contribution is 7.32. The maximum atomic E-state index is 9.93. The van der Waals surface area contributed by atoms with Crippen molar-refractivity contribution in [1.29, 1.82) is 0 Å². The normalized spacial score (nSPS) is 16.7. The molecule has 0 heterocycles. The fourth-order valence-electron chi connectivity index (χ4n) is 0.356. The number of hydrogen-bond donors (Lipinski definition) is 1. The zero-order chi connectivity index (χ0) is 7.28. The van der Waals surface area contributed by atoms with Gasteiger partial charge in [0.05, 0.1) is 6.10 Å². The molecular formula is C4H9O4P. The van der Waals surface area contributed by atoms with Crippen LogP contribution in [0.4, 0.5) is 0 Å². The molecule has 0 aromatic carbocycles. The Balaban J connectivity index is 3.37. The molecule has 0 bridgehead atoms. The van der Waals surface area contributed by atoms with Gasteiger partial charge >= 0.3 is 8.25 Å². The highest BCUT2D eigenvalue weighted by atomic mass is 31.1. The third kappa shape index (κ3) is 5.69. The van der Waals surface area contributed by atoms with E-state index < -0.39 is 14.4 Å². The molecule has 0 aromatic heterocycles. The van der Waals surface area contributed by atoms with Gasteiger partial charge in [-0.2, -0.15) is 0 Å². The monoisotopic (exact) mass is 152 g/mol. The minimum absolute atomic E-state index is 0.164. The summed E-state index contributed by atoms with van der Waals surface area (Å²) in [6.45, 7) is 1.56. The van der Waals surface area contributed by atoms with Crippen LogP contribution in [0.3, 0.4) is 0 Å². The van der Waals surface area contributed by atoms with Crippen molar-refractivity contribution < 1.29 is 18.8 Å². The lowest BCUT2D eigenvalue weighted by molar-refractivity contribution is -0.109. The standard InChI is InChI=1S/C4H9O4P/c1-4(2-3-5)8-9(6)7/h3-4,9H,2H2,1H3,(H,6,7). The van der Waals surface area contributed by atoms with E-state index in [1.54, 1.807) is 6.92 Å². The minimum atomic E-state index is -2.86. The average molecular weight is 152 g/mol. The number of hydrogen-bond acceptors (Lipinski definition) is 3. The molecule has 0 aliphatic rings. The van der Waals surface area contributed by atoms with Gasteiger partial charge in [0.25, 0.3) is 0 Å². The first-order chi connectivity index (χ1) is 4.16. The average Bonchev–Trinajstić information content (AvgIpc) is 1.63. The predicted octanol–water partition coefficient (Wildman–Crippen LogP) is 0.362. The number of rotatable bonds is 4. The van der Waals surface area contributed by atoms with Gasteiger partial charge in [-0.1, -0.05) is 0 Å². The van der Waals surface area contributed by atoms with E-state index in [4.69, 9.17) is 4.89 Å². The molecule has 4 nitrogen and oxygen atoms in total. The molecule has 2 unspecified atom stereocenters. The largest absolute Gasteiger partial charge is 0.326 e. The Morgan fingerprint density at radius 3 is 2.78 bits per heavy atom. The fraction of sp³-hybridized carbons (Fsp3) is 0.750. The Bertz CT molecular complexity index is 113. The van der Waals surface area contributed by atoms with E-state index in [1.807, 2.05) is 0 Å². The lowest BCUT2D eigenvalue weighted by Crippen LogP contribution is -2.02. The van der Waals surface area contributed by atoms with Crippen molar-refractivity contribution in [2.24, 2.45) is 0 Å². The molecule has 0 amide bonds. The first kappa shape index (κ1) is 8.82. The highest BCUT2D eigenvalue weighted by Crippen LogP contribution is 2.18. The first-order valence-corrected chi connectivity index (χ1v) is 3.76. The van der Waals surface area contributed by atoms with Crippen LogP contribution in [0, 0.1) is 0 Å². The van der Waals surface area contributed by atoms with Gasteiger partial charge in [0, 0.05) is 6.42 Å². The predicted molar refractivity (Wildman–Crippen MR) is 32.4 cm³/mol. The third-order valence-corrected chi connectivity index (χ3v) is 1.33. The molecule has 54 valence electrons. The van der Waals surface area contributed by atoms with Crippen LogP contribution < -0.4 is 0 Å². The first-order valence-electron chi connectivity index (χ1n) is 2.50. The maximum Gasteiger partial charge on any atom is 0.316 e. The molecule has 1 N–H and O–H groups in total. The Kier molecular flexibility index (Phi) is 4.58. The summed E-state index contributed by atoms with van der Waals surface area (Å²) in [5, 5.41) is 0. The van der Waals surface area contributed by atoms with Crippen LogP contribution in [0.1, 0.15) is 13.3 Å². The van der Waals surface area contributed by atoms with E-state index in [0.29, 0.717) is 6.29 Å². The number of carbonyl (C=O) groups is 1. The van der Waals surface area contributed by atoms with Crippen LogP contribution in [-0.2, 0) is 13.9 Å². The lowest BCUT2D eigenvalue weighted by Gasteiger charge is -2.03. The molecule has 0 spiro atoms. The second-order valence-corrected chi connectivity index (χ2v) is 2.36. The van der Waals surface area contributed by atoms with Crippen molar-refractivity contribution in [2.45, 2.75) is 19.4 Å². The zero-order valence-corrected chi connectivity index (χ0v) is 6.03. The molecule has 0 rings (SSSR count). The molecule has 2 atom stereocenters. The van der Waals surface area contributed by atoms with E-state index in [0.717, 1.165) is 0 Å². The van der Waals surface area contributed by atoms with Crippen molar-refractivity contribution in [3.63, 3.8) is 0 Å². The van der Waals surface area contributed by atoms with Crippen LogP contribution >= 0.6 is 8.25 Å². The summed E-state index contributed by atoms with van der Waals surface area (Å²) in [5.74, 6) is 0. The van der Waals surface area contributed by atoms with E-state index in [9.17, 15) is 9.36 Å². The minimum Gasteiger partial charge on any atom is -0.326 e. The van der Waals surface area contributed by atoms with Gasteiger partial charge in [-0.05, 0) is 6.92 Å². The summed E-state index contributed by atoms with van der Waals surface area (Å²) in [4.78, 5) is 17.9. The van der Waals surface area contributed by atoms with Crippen LogP contribution in [0.5, 0.6) is 0 Å². The topological polar surface area (TPSA) is 63.6 Å². The summed E-state index contributed by atoms with van der Waals surface area (Å²) < 4.78 is 14.3. The van der Waals surface area contributed by atoms with Gasteiger partial charge in [0.15, 0.2) is 0 Å². The van der Waals surface area contributed by atoms with Gasteiger partial charge in [-0.15, -0.1) is 0 Å². The van der Waals surface area contributed by atoms with Crippen LogP contribution in [0.15, 0.2) is 0 Å². The van der Waals surface area contributed by atoms with Crippen molar-refractivity contribution in [1.82, 2.24) is 0 Å². The Morgan fingerprint density at radius 1 is 1.89 bits per heavy atom. The Labute approximate surface area is 53.8 Å². The van der Waals surface area contributed by atoms with Gasteiger partial charge in [-0.3, -0.25) is 4.57 Å². The second-order valence-electron chi connectivity index (χ2n) is 1.60. The Hall–Kier alpha value is -0.180. The van der Waals surface area contributed by atoms with Gasteiger partial charge < -0.3 is 14.2 Å². The molecule has 5 heteroatoms. The molecule has 0 aromatic rings. The number of carbonyl (C=O) groups excluding carboxylic acids is 1. The number of aldehydes is 1. The molecule has 0 saturated heterocycles. The molecule has 0 aliphatic heterocycles. The van der Waals surface area contributed by atoms with Gasteiger partial charge in [0.1, 0.15) is 6.29 Å². The summed E-state index contributed by atoms with van der Waals surface area (Å²) in [7, 11) is -2.86. The third-order valence-electron chi connectivity index (χ3n) is 0.730. The van der Waals surface area contributed by atoms with Crippen molar-refractivity contribution in [2.75, 3.05) is 0 Å². The molecule has 0 aliphatic carbocycles. The van der Waals surface area contributed by atoms with Gasteiger partial charge in [-0.25, -0.2) is 0 Å². The molecule has 0 saturated carbocycles. The molecule has 0 fully saturated rings. The quantitative estimate of drug-likeness (QED) is 0.466. The molecular weight excluding hydrogens is 143 g/mol. The summed E-state index contributed by atoms with van der Waals surface area (Å²) in [6, 6.07) is 0. The van der Waals surface area contributed by atoms with Crippen LogP contribution in [0.25, 0.3) is 0 Å². The second kappa shape index (κ2) is 4.68. The SMILES string of the molecule is CC(CC=O)O[PH](=O)O. The van der Waals surface area contributed by atoms with Crippen LogP contribution in [-0.4, -0.2) is 17.3 Å². The highest BCUT2D eigenvalue weighted by Gasteiger charge is 2.02. The van der Waals surface area contributed by atoms with E-state index in [-0.39, 0.29) is 6.42 Å². The lowest BCUT2D eigenvalue weighted by atomic mass is 10.3. The Morgan fingerprint density at radius 2 is 2.44 bits per heavy atom. The van der Waals surface area contributed by atoms with Crippen molar-refractivity contribution in [3.05, 3.63) is 0 Å². The smallest absolute Gasteiger partial charge is 0.316 e. The van der Waals surface area contributed by atoms with E-state index in [1.165, 1.54) is 0 Å². The summed E-state index contributed by atoms with van der Waals surface area (Å²) >= 11 is 0. The molecule has 0 radical (unpaired) electrons. The summed E-state index contributed by atoms with van der Waals surface area (Å²) in [5.41, 5.74) is 0. The van der Waals surface area contributed by atoms with Crippen molar-refractivity contribution >= 4 is 14.5 Å². The molecule has 9 heavy (non-hydrogen) atoms. The summed E-state index contributed by atoms with van der Waals surface area (Å²) in [6.07, 6.45) is 0.366. The van der Waals surface area contributed by atoms with E-state index in [2.05, 4.69) is 4.52 Å². The fourth-order valence-corrected chi connectivity index (χ4v) is 0.796. The zero-order valence-electron chi connectivity index (χ0n) is 5.03. The van der Waals surface area contributed by atoms with Crippen LogP contribution in [0.2, 0.25) is 0 Å².